The van der Waals surface area contributed by atoms with Crippen molar-refractivity contribution in [3.63, 3.8) is 0 Å². The lowest BCUT2D eigenvalue weighted by Crippen LogP contribution is -2.47. The third-order valence-electron chi connectivity index (χ3n) is 2.77. The lowest BCUT2D eigenvalue weighted by atomic mass is 10.1. The van der Waals surface area contributed by atoms with E-state index >= 15 is 0 Å². The molecule has 1 rings (SSSR count). The van der Waals surface area contributed by atoms with Crippen LogP contribution in [0.3, 0.4) is 0 Å². The summed E-state index contributed by atoms with van der Waals surface area (Å²) in [5.41, 5.74) is -3.44. The van der Waals surface area contributed by atoms with Crippen LogP contribution in [0.4, 0.5) is 24.5 Å². The minimum absolute atomic E-state index is 0.122. The minimum Gasteiger partial charge on any atom is -0.378 e. The zero-order valence-corrected chi connectivity index (χ0v) is 14.4. The Kier molecular flexibility index (Phi) is 5.73. The highest BCUT2D eigenvalue weighted by Crippen LogP contribution is 2.40. The van der Waals surface area contributed by atoms with E-state index in [0.717, 1.165) is 12.3 Å². The molecule has 0 spiro atoms. The molecule has 24 heavy (non-hydrogen) atoms. The van der Waals surface area contributed by atoms with Gasteiger partial charge < -0.3 is 5.32 Å². The number of sulfonamides is 1. The Morgan fingerprint density at radius 3 is 2.25 bits per heavy atom. The highest BCUT2D eigenvalue weighted by Gasteiger charge is 2.36. The third-order valence-corrected chi connectivity index (χ3v) is 4.01. The van der Waals surface area contributed by atoms with Gasteiger partial charge in [-0.3, -0.25) is 10.1 Å². The van der Waals surface area contributed by atoms with Crippen molar-refractivity contribution < 1.29 is 26.5 Å². The first-order valence-electron chi connectivity index (χ1n) is 6.40. The van der Waals surface area contributed by atoms with Crippen LogP contribution in [0.1, 0.15) is 19.4 Å². The van der Waals surface area contributed by atoms with Crippen molar-refractivity contribution in [2.24, 2.45) is 0 Å². The summed E-state index contributed by atoms with van der Waals surface area (Å²) in [6.45, 7) is 2.87. The quantitative estimate of drug-likeness (QED) is 0.575. The largest absolute Gasteiger partial charge is 0.418 e. The molecule has 0 atom stereocenters. The molecule has 0 fully saturated rings. The summed E-state index contributed by atoms with van der Waals surface area (Å²) in [5, 5.41) is 12.9. The summed E-state index contributed by atoms with van der Waals surface area (Å²) in [6.07, 6.45) is -3.90. The molecule has 1 aromatic rings. The smallest absolute Gasteiger partial charge is 0.378 e. The Labute approximate surface area is 141 Å². The predicted molar refractivity (Wildman–Crippen MR) is 83.7 cm³/mol. The molecule has 2 N–H and O–H groups in total. The Balaban J connectivity index is 3.16. The molecule has 0 aromatic heterocycles. The second-order valence-electron chi connectivity index (χ2n) is 5.72. The summed E-state index contributed by atoms with van der Waals surface area (Å²) in [4.78, 5) is 10.0. The second kappa shape index (κ2) is 6.73. The minimum atomic E-state index is -4.84. The van der Waals surface area contributed by atoms with Crippen LogP contribution in [0.25, 0.3) is 0 Å². The van der Waals surface area contributed by atoms with Crippen LogP contribution in [-0.2, 0) is 16.2 Å². The number of benzene rings is 1. The molecular weight excluding hydrogens is 375 g/mol. The molecule has 7 nitrogen and oxygen atoms in total. The number of nitrogens with zero attached hydrogens (tertiary/aromatic N) is 1. The molecule has 0 bridgehead atoms. The molecule has 0 aliphatic carbocycles. The topological polar surface area (TPSA) is 101 Å². The number of hydrogen-bond donors (Lipinski definition) is 2. The van der Waals surface area contributed by atoms with Crippen molar-refractivity contribution in [2.75, 3.05) is 18.1 Å². The Morgan fingerprint density at radius 2 is 1.83 bits per heavy atom. The predicted octanol–water partition coefficient (Wildman–Crippen LogP) is 3.01. The van der Waals surface area contributed by atoms with Gasteiger partial charge in [0.15, 0.2) is 0 Å². The monoisotopic (exact) mass is 389 g/mol. The van der Waals surface area contributed by atoms with Crippen molar-refractivity contribution in [1.82, 2.24) is 4.72 Å². The molecule has 0 saturated carbocycles. The van der Waals surface area contributed by atoms with E-state index in [0.29, 0.717) is 6.07 Å². The number of nitro groups is 1. The fraction of sp³-hybridized carbons (Fsp3) is 0.500. The van der Waals surface area contributed by atoms with E-state index in [1.165, 1.54) is 13.8 Å². The van der Waals surface area contributed by atoms with Gasteiger partial charge in [0.25, 0.3) is 5.69 Å². The number of nitrogens with one attached hydrogen (secondary N) is 2. The Hall–Kier alpha value is -1.59. The molecule has 0 heterocycles. The number of nitro benzene ring substituents is 1. The van der Waals surface area contributed by atoms with Crippen LogP contribution in [0.5, 0.6) is 0 Å². The van der Waals surface area contributed by atoms with Crippen molar-refractivity contribution in [3.05, 3.63) is 32.8 Å². The summed E-state index contributed by atoms with van der Waals surface area (Å²) in [6, 6.07) is 1.13. The van der Waals surface area contributed by atoms with Crippen molar-refractivity contribution >= 4 is 33.0 Å². The van der Waals surface area contributed by atoms with Gasteiger partial charge in [0.05, 0.1) is 21.8 Å². The van der Waals surface area contributed by atoms with Crippen LogP contribution >= 0.6 is 11.6 Å². The maximum absolute atomic E-state index is 12.8. The summed E-state index contributed by atoms with van der Waals surface area (Å²) in [5.74, 6) is 0. The van der Waals surface area contributed by atoms with Crippen molar-refractivity contribution in [1.29, 1.82) is 0 Å². The van der Waals surface area contributed by atoms with E-state index in [1.807, 2.05) is 0 Å². The van der Waals surface area contributed by atoms with Gasteiger partial charge in [-0.2, -0.15) is 13.2 Å². The van der Waals surface area contributed by atoms with Crippen LogP contribution < -0.4 is 10.0 Å². The molecule has 0 saturated heterocycles. The maximum atomic E-state index is 12.8. The highest BCUT2D eigenvalue weighted by molar-refractivity contribution is 7.88. The van der Waals surface area contributed by atoms with E-state index < -0.39 is 42.9 Å². The Bertz CT molecular complexity index is 751. The summed E-state index contributed by atoms with van der Waals surface area (Å²) >= 11 is 5.55. The number of hydrogen-bond acceptors (Lipinski definition) is 5. The summed E-state index contributed by atoms with van der Waals surface area (Å²) < 4.78 is 63.1. The summed E-state index contributed by atoms with van der Waals surface area (Å²) in [7, 11) is -3.55. The first kappa shape index (κ1) is 20.5. The number of alkyl halides is 3. The van der Waals surface area contributed by atoms with Crippen LogP contribution in [0, 0.1) is 10.1 Å². The van der Waals surface area contributed by atoms with Gasteiger partial charge in [-0.1, -0.05) is 11.6 Å². The first-order valence-corrected chi connectivity index (χ1v) is 8.67. The van der Waals surface area contributed by atoms with Crippen LogP contribution in [0.2, 0.25) is 5.02 Å². The first-order chi connectivity index (χ1) is 10.6. The van der Waals surface area contributed by atoms with Gasteiger partial charge >= 0.3 is 6.18 Å². The molecule has 0 radical (unpaired) electrons. The van der Waals surface area contributed by atoms with Crippen LogP contribution in [0.15, 0.2) is 12.1 Å². The molecular formula is C12H15ClF3N3O4S. The highest BCUT2D eigenvalue weighted by atomic mass is 35.5. The number of halogens is 4. The average molecular weight is 390 g/mol. The van der Waals surface area contributed by atoms with Gasteiger partial charge in [-0.15, -0.1) is 0 Å². The fourth-order valence-corrected chi connectivity index (χ4v) is 3.27. The molecule has 12 heteroatoms. The molecule has 1 aromatic carbocycles. The standard InChI is InChI=1S/C12H15ClF3N3O4S/c1-11(2,18-24(3,22)23)6-17-9-5-8(13)7(12(14,15)16)4-10(9)19(20)21/h4-5,17-18H,6H2,1-3H3. The van der Waals surface area contributed by atoms with Crippen molar-refractivity contribution in [3.8, 4) is 0 Å². The lowest BCUT2D eigenvalue weighted by molar-refractivity contribution is -0.384. The van der Waals surface area contributed by atoms with E-state index in [1.54, 1.807) is 0 Å². The molecule has 0 aliphatic rings. The average Bonchev–Trinajstić information content (AvgIpc) is 2.31. The van der Waals surface area contributed by atoms with Gasteiger partial charge in [0.2, 0.25) is 10.0 Å². The fourth-order valence-electron chi connectivity index (χ4n) is 1.93. The third kappa shape index (κ3) is 5.80. The van der Waals surface area contributed by atoms with Crippen molar-refractivity contribution in [2.45, 2.75) is 25.6 Å². The van der Waals surface area contributed by atoms with Gasteiger partial charge in [-0.05, 0) is 19.9 Å². The lowest BCUT2D eigenvalue weighted by Gasteiger charge is -2.26. The molecule has 136 valence electrons. The van der Waals surface area contributed by atoms with Gasteiger partial charge in [0.1, 0.15) is 5.69 Å². The van der Waals surface area contributed by atoms with E-state index in [9.17, 15) is 31.7 Å². The Morgan fingerprint density at radius 1 is 1.29 bits per heavy atom. The number of anilines is 1. The molecule has 0 amide bonds. The van der Waals surface area contributed by atoms with E-state index in [4.69, 9.17) is 11.6 Å². The van der Waals surface area contributed by atoms with E-state index in [-0.39, 0.29) is 12.2 Å². The molecule has 0 aliphatic heterocycles. The van der Waals surface area contributed by atoms with Crippen LogP contribution in [-0.4, -0.2) is 31.7 Å². The molecule has 0 unspecified atom stereocenters. The number of rotatable bonds is 6. The van der Waals surface area contributed by atoms with Gasteiger partial charge in [0, 0.05) is 18.2 Å². The zero-order valence-electron chi connectivity index (χ0n) is 12.9. The maximum Gasteiger partial charge on any atom is 0.418 e. The zero-order chi connectivity index (χ0) is 18.9. The normalized spacial score (nSPS) is 13.0. The van der Waals surface area contributed by atoms with E-state index in [2.05, 4.69) is 10.0 Å². The van der Waals surface area contributed by atoms with Gasteiger partial charge in [-0.25, -0.2) is 13.1 Å². The second-order valence-corrected chi connectivity index (χ2v) is 7.87. The SMILES string of the molecule is CC(C)(CNc1cc(Cl)c(C(F)(F)F)cc1[N+](=O)[O-])NS(C)(=O)=O.